The van der Waals surface area contributed by atoms with Gasteiger partial charge in [0, 0.05) is 6.42 Å². The average molecular weight is 740 g/mol. The Hall–Kier alpha value is -1.93. The highest BCUT2D eigenvalue weighted by Crippen LogP contribution is 2.69. The molecule has 0 radical (unpaired) electrons. The standard InChI is InChI=1S/C17H7F27O/c18-5(19,2-1-4-3-45-4)7(21,22)9(25,26)11(29,30)13(33,34)15(37,38)14(35,36)12(31,32)10(27,28)8(23,24)6(20,16(39,40)41)17(42,43)44/h4H,1-3H2. The zero-order chi connectivity index (χ0) is 36.9. The Bertz CT molecular complexity index is 1060. The van der Waals surface area contributed by atoms with Crippen molar-refractivity contribution >= 4 is 0 Å². The van der Waals surface area contributed by atoms with Gasteiger partial charge in [0.1, 0.15) is 0 Å². The smallest absolute Gasteiger partial charge is 0.373 e. The van der Waals surface area contributed by atoms with Crippen LogP contribution in [0, 0.1) is 0 Å². The molecular weight excluding hydrogens is 733 g/mol. The maximum atomic E-state index is 13.8. The van der Waals surface area contributed by atoms with Crippen molar-refractivity contribution in [2.45, 2.75) is 96.2 Å². The third kappa shape index (κ3) is 5.10. The van der Waals surface area contributed by atoms with Gasteiger partial charge in [-0.2, -0.15) is 114 Å². The summed E-state index contributed by atoms with van der Waals surface area (Å²) in [6.07, 6.45) is -23.2. The molecule has 0 N–H and O–H groups in total. The summed E-state index contributed by atoms with van der Waals surface area (Å²) >= 11 is 0. The minimum atomic E-state index is -9.80. The van der Waals surface area contributed by atoms with Crippen LogP contribution in [0.15, 0.2) is 0 Å². The highest BCUT2D eigenvalue weighted by Gasteiger charge is 3.01. The van der Waals surface area contributed by atoms with E-state index in [0.717, 1.165) is 0 Å². The molecule has 1 aliphatic rings. The molecule has 0 saturated carbocycles. The van der Waals surface area contributed by atoms with Crippen molar-refractivity contribution in [3.8, 4) is 0 Å². The lowest BCUT2D eigenvalue weighted by Crippen LogP contribution is -2.79. The van der Waals surface area contributed by atoms with Crippen molar-refractivity contribution in [3.05, 3.63) is 0 Å². The fourth-order valence-corrected chi connectivity index (χ4v) is 3.08. The molecule has 1 rings (SSSR count). The molecule has 45 heavy (non-hydrogen) atoms. The van der Waals surface area contributed by atoms with Crippen LogP contribution in [-0.2, 0) is 4.74 Å². The van der Waals surface area contributed by atoms with E-state index in [4.69, 9.17) is 0 Å². The summed E-state index contributed by atoms with van der Waals surface area (Å²) in [4.78, 5) is 0. The second kappa shape index (κ2) is 10.3. The number of ether oxygens (including phenoxy) is 1. The Morgan fingerprint density at radius 3 is 0.800 bits per heavy atom. The molecule has 0 spiro atoms. The Morgan fingerprint density at radius 1 is 0.356 bits per heavy atom. The molecule has 0 bridgehead atoms. The molecule has 1 atom stereocenters. The summed E-state index contributed by atoms with van der Waals surface area (Å²) in [5, 5.41) is 0. The lowest BCUT2D eigenvalue weighted by molar-refractivity contribution is -0.487. The number of epoxide rings is 1. The molecule has 1 nitrogen and oxygen atoms in total. The molecule has 0 amide bonds. The van der Waals surface area contributed by atoms with Crippen molar-refractivity contribution in [2.24, 2.45) is 0 Å². The minimum Gasteiger partial charge on any atom is -0.373 e. The van der Waals surface area contributed by atoms with Gasteiger partial charge in [-0.1, -0.05) is 0 Å². The van der Waals surface area contributed by atoms with Crippen LogP contribution in [0.1, 0.15) is 12.8 Å². The van der Waals surface area contributed by atoms with Crippen LogP contribution < -0.4 is 0 Å². The summed E-state index contributed by atoms with van der Waals surface area (Å²) in [6, 6.07) is 0. The van der Waals surface area contributed by atoms with Gasteiger partial charge in [-0.3, -0.25) is 0 Å². The van der Waals surface area contributed by atoms with Crippen LogP contribution in [0.25, 0.3) is 0 Å². The molecule has 0 aliphatic carbocycles. The van der Waals surface area contributed by atoms with Crippen LogP contribution in [0.5, 0.6) is 0 Å². The van der Waals surface area contributed by atoms with Crippen molar-refractivity contribution in [1.82, 2.24) is 0 Å². The van der Waals surface area contributed by atoms with Crippen molar-refractivity contribution in [2.75, 3.05) is 6.61 Å². The molecule has 1 heterocycles. The molecule has 0 aromatic carbocycles. The van der Waals surface area contributed by atoms with Gasteiger partial charge in [-0.15, -0.1) is 0 Å². The van der Waals surface area contributed by atoms with E-state index in [9.17, 15) is 119 Å². The van der Waals surface area contributed by atoms with E-state index in [1.807, 2.05) is 0 Å². The average Bonchev–Trinajstić information content (AvgIpc) is 3.64. The fraction of sp³-hybridized carbons (Fsp3) is 1.00. The van der Waals surface area contributed by atoms with Gasteiger partial charge in [0.25, 0.3) is 0 Å². The minimum absolute atomic E-state index is 0.596. The monoisotopic (exact) mass is 740 g/mol. The first-order chi connectivity index (χ1) is 19.1. The van der Waals surface area contributed by atoms with Gasteiger partial charge >= 0.3 is 77.2 Å². The van der Waals surface area contributed by atoms with Gasteiger partial charge in [-0.05, 0) is 6.42 Å². The number of alkyl halides is 27. The SMILES string of the molecule is FC(F)(F)C(F)(C(F)(F)F)C(F)(F)C(F)(F)C(F)(F)C(F)(F)C(F)(F)C(F)(F)C(F)(F)C(F)(F)C(F)(F)C(F)(F)CCC1CO1. The zero-order valence-electron chi connectivity index (χ0n) is 19.8. The Kier molecular flexibility index (Phi) is 9.39. The third-order valence-corrected chi connectivity index (χ3v) is 6.01. The largest absolute Gasteiger partial charge is 0.438 e. The van der Waals surface area contributed by atoms with Crippen LogP contribution in [0.3, 0.4) is 0 Å². The molecular formula is C17H7F27O. The maximum Gasteiger partial charge on any atom is 0.438 e. The lowest BCUT2D eigenvalue weighted by Gasteiger charge is -2.46. The predicted molar refractivity (Wildman–Crippen MR) is 84.4 cm³/mol. The molecule has 270 valence electrons. The van der Waals surface area contributed by atoms with E-state index in [2.05, 4.69) is 4.74 Å². The molecule has 28 heteroatoms. The second-order valence-corrected chi connectivity index (χ2v) is 9.02. The second-order valence-electron chi connectivity index (χ2n) is 9.02. The topological polar surface area (TPSA) is 12.5 Å². The predicted octanol–water partition coefficient (Wildman–Crippen LogP) is 9.35. The molecule has 0 aromatic rings. The Labute approximate surface area is 227 Å². The van der Waals surface area contributed by atoms with E-state index in [-0.39, 0.29) is 0 Å². The summed E-state index contributed by atoms with van der Waals surface area (Å²) < 4.78 is 366. The summed E-state index contributed by atoms with van der Waals surface area (Å²) in [6.45, 7) is -0.596. The van der Waals surface area contributed by atoms with Crippen LogP contribution in [0.4, 0.5) is 119 Å². The summed E-state index contributed by atoms with van der Waals surface area (Å²) in [7, 11) is 0. The molecule has 1 saturated heterocycles. The number of hydrogen-bond donors (Lipinski definition) is 0. The van der Waals surface area contributed by atoms with Gasteiger partial charge in [0.2, 0.25) is 0 Å². The summed E-state index contributed by atoms with van der Waals surface area (Å²) in [5.41, 5.74) is -9.20. The van der Waals surface area contributed by atoms with Gasteiger partial charge in [0.05, 0.1) is 12.7 Å². The Morgan fingerprint density at radius 2 is 0.578 bits per heavy atom. The van der Waals surface area contributed by atoms with Gasteiger partial charge < -0.3 is 4.74 Å². The first-order valence-electron chi connectivity index (χ1n) is 10.3. The summed E-state index contributed by atoms with van der Waals surface area (Å²) in [5.74, 6) is -91.3. The van der Waals surface area contributed by atoms with Gasteiger partial charge in [-0.25, -0.2) is 4.39 Å². The quantitative estimate of drug-likeness (QED) is 0.136. The van der Waals surface area contributed by atoms with E-state index >= 15 is 0 Å². The van der Waals surface area contributed by atoms with Crippen molar-refractivity contribution in [3.63, 3.8) is 0 Å². The van der Waals surface area contributed by atoms with E-state index in [1.54, 1.807) is 0 Å². The number of hydrogen-bond acceptors (Lipinski definition) is 1. The normalized spacial score (nSPS) is 19.7. The Balaban J connectivity index is 3.88. The molecule has 0 aromatic heterocycles. The lowest BCUT2D eigenvalue weighted by atomic mass is 9.81. The first kappa shape index (κ1) is 41.1. The number of rotatable bonds is 13. The van der Waals surface area contributed by atoms with Gasteiger partial charge in [0.15, 0.2) is 0 Å². The maximum absolute atomic E-state index is 13.8. The fourth-order valence-electron chi connectivity index (χ4n) is 3.08. The van der Waals surface area contributed by atoms with Crippen LogP contribution in [0.2, 0.25) is 0 Å². The number of halogens is 27. The first-order valence-corrected chi connectivity index (χ1v) is 10.3. The van der Waals surface area contributed by atoms with Crippen LogP contribution >= 0.6 is 0 Å². The van der Waals surface area contributed by atoms with E-state index in [1.165, 1.54) is 0 Å². The molecule has 1 fully saturated rings. The van der Waals surface area contributed by atoms with E-state index < -0.39 is 103 Å². The molecule has 1 unspecified atom stereocenters. The van der Waals surface area contributed by atoms with Crippen molar-refractivity contribution < 1.29 is 123 Å². The van der Waals surface area contributed by atoms with E-state index in [0.29, 0.717) is 0 Å². The van der Waals surface area contributed by atoms with Crippen molar-refractivity contribution in [1.29, 1.82) is 0 Å². The highest BCUT2D eigenvalue weighted by molar-refractivity contribution is 5.21. The molecule has 1 aliphatic heterocycles. The zero-order valence-corrected chi connectivity index (χ0v) is 19.8. The highest BCUT2D eigenvalue weighted by atomic mass is 19.4. The third-order valence-electron chi connectivity index (χ3n) is 6.01. The van der Waals surface area contributed by atoms with Crippen LogP contribution in [-0.4, -0.2) is 90.0 Å².